The lowest BCUT2D eigenvalue weighted by Gasteiger charge is -2.37. The van der Waals surface area contributed by atoms with Gasteiger partial charge in [-0.3, -0.25) is 4.79 Å². The Morgan fingerprint density at radius 3 is 2.59 bits per heavy atom. The van der Waals surface area contributed by atoms with Gasteiger partial charge >= 0.3 is 0 Å². The quantitative estimate of drug-likeness (QED) is 0.737. The Kier molecular flexibility index (Phi) is 6.15. The molecule has 1 atom stereocenters. The summed E-state index contributed by atoms with van der Waals surface area (Å²) >= 11 is 0. The number of carbonyl (C=O) groups is 1. The minimum Gasteiger partial charge on any atom is -0.496 e. The van der Waals surface area contributed by atoms with Gasteiger partial charge < -0.3 is 19.1 Å². The van der Waals surface area contributed by atoms with Gasteiger partial charge in [0.05, 0.1) is 36.8 Å². The van der Waals surface area contributed by atoms with Crippen LogP contribution in [0, 0.1) is 0 Å². The fourth-order valence-corrected chi connectivity index (χ4v) is 5.36. The largest absolute Gasteiger partial charge is 0.496 e. The van der Waals surface area contributed by atoms with Crippen molar-refractivity contribution in [2.45, 2.75) is 36.8 Å². The first-order valence-corrected chi connectivity index (χ1v) is 12.0. The van der Waals surface area contributed by atoms with E-state index in [1.807, 2.05) is 38.1 Å². The van der Waals surface area contributed by atoms with Crippen LogP contribution in [0.4, 0.5) is 0 Å². The zero-order chi connectivity index (χ0) is 22.9. The summed E-state index contributed by atoms with van der Waals surface area (Å²) < 4.78 is 46.1. The molecule has 2 aromatic rings. The van der Waals surface area contributed by atoms with Gasteiger partial charge in [0.15, 0.2) is 0 Å². The van der Waals surface area contributed by atoms with Gasteiger partial charge in [0.2, 0.25) is 10.0 Å². The van der Waals surface area contributed by atoms with Crippen molar-refractivity contribution in [1.82, 2.24) is 9.62 Å². The molecule has 1 N–H and O–H groups in total. The number of methoxy groups -OCH3 is 1. The minimum absolute atomic E-state index is 0.0108. The lowest BCUT2D eigenvalue weighted by Crippen LogP contribution is -2.41. The summed E-state index contributed by atoms with van der Waals surface area (Å²) in [4.78, 5) is 14.7. The Labute approximate surface area is 188 Å². The van der Waals surface area contributed by atoms with Crippen LogP contribution in [0.1, 0.15) is 42.2 Å². The molecule has 1 unspecified atom stereocenters. The van der Waals surface area contributed by atoms with Crippen molar-refractivity contribution in [3.63, 3.8) is 0 Å². The van der Waals surface area contributed by atoms with Crippen molar-refractivity contribution in [3.05, 3.63) is 53.6 Å². The highest BCUT2D eigenvalue weighted by Gasteiger charge is 2.36. The first-order valence-electron chi connectivity index (χ1n) is 10.6. The topological polar surface area (TPSA) is 94.2 Å². The van der Waals surface area contributed by atoms with Gasteiger partial charge in [-0.25, -0.2) is 13.1 Å². The summed E-state index contributed by atoms with van der Waals surface area (Å²) in [5.74, 6) is 0.715. The first-order chi connectivity index (χ1) is 15.2. The van der Waals surface area contributed by atoms with E-state index in [0.29, 0.717) is 44.2 Å². The molecule has 2 aliphatic rings. The molecule has 9 heteroatoms. The zero-order valence-electron chi connectivity index (χ0n) is 18.5. The highest BCUT2D eigenvalue weighted by molar-refractivity contribution is 7.89. The number of sulfonamides is 1. The number of ether oxygens (including phenoxy) is 3. The van der Waals surface area contributed by atoms with Crippen LogP contribution in [0.5, 0.6) is 11.5 Å². The number of nitrogens with one attached hydrogen (secondary N) is 1. The van der Waals surface area contributed by atoms with Crippen LogP contribution in [-0.2, 0) is 14.8 Å². The Bertz CT molecular complexity index is 1110. The average molecular weight is 461 g/mol. The number of fused-ring (bicyclic) bond motifs is 1. The molecule has 1 amide bonds. The van der Waals surface area contributed by atoms with Crippen LogP contribution in [-0.4, -0.2) is 58.2 Å². The number of benzene rings is 2. The number of hydrogen-bond acceptors (Lipinski definition) is 6. The normalized spacial score (nSPS) is 20.2. The molecule has 4 rings (SSSR count). The van der Waals surface area contributed by atoms with Crippen molar-refractivity contribution in [2.75, 3.05) is 33.4 Å². The molecular weight excluding hydrogens is 432 g/mol. The maximum atomic E-state index is 13.3. The Hall–Kier alpha value is -2.62. The lowest BCUT2D eigenvalue weighted by atomic mass is 9.90. The summed E-state index contributed by atoms with van der Waals surface area (Å²) in [5, 5.41) is 0. The predicted octanol–water partition coefficient (Wildman–Crippen LogP) is 2.75. The summed E-state index contributed by atoms with van der Waals surface area (Å²) in [7, 11) is -2.46. The molecule has 172 valence electrons. The molecular formula is C23H28N2O6S. The van der Waals surface area contributed by atoms with Gasteiger partial charge in [-0.2, -0.15) is 0 Å². The van der Waals surface area contributed by atoms with Gasteiger partial charge in [0.1, 0.15) is 17.1 Å². The predicted molar refractivity (Wildman–Crippen MR) is 119 cm³/mol. The van der Waals surface area contributed by atoms with Crippen LogP contribution >= 0.6 is 0 Å². The second-order valence-electron chi connectivity index (χ2n) is 8.54. The Balaban J connectivity index is 1.65. The maximum Gasteiger partial charge on any atom is 0.257 e. The van der Waals surface area contributed by atoms with E-state index in [2.05, 4.69) is 4.72 Å². The molecule has 32 heavy (non-hydrogen) atoms. The SMILES string of the molecule is COc1ccc(S(=O)(=O)NC2CC(C)(C)Oc3ccccc32)cc1C(=O)N1CCOCC1. The maximum absolute atomic E-state index is 13.3. The number of nitrogens with zero attached hydrogens (tertiary/aromatic N) is 1. The van der Waals surface area contributed by atoms with Crippen LogP contribution in [0.25, 0.3) is 0 Å². The lowest BCUT2D eigenvalue weighted by molar-refractivity contribution is 0.0300. The molecule has 0 spiro atoms. The number of amides is 1. The van der Waals surface area contributed by atoms with E-state index in [-0.39, 0.29) is 16.4 Å². The van der Waals surface area contributed by atoms with Crippen molar-refractivity contribution < 1.29 is 27.4 Å². The average Bonchev–Trinajstić information content (AvgIpc) is 2.77. The van der Waals surface area contributed by atoms with Crippen molar-refractivity contribution >= 4 is 15.9 Å². The monoisotopic (exact) mass is 460 g/mol. The highest BCUT2D eigenvalue weighted by atomic mass is 32.2. The molecule has 0 bridgehead atoms. The van der Waals surface area contributed by atoms with Gasteiger partial charge in [0.25, 0.3) is 5.91 Å². The van der Waals surface area contributed by atoms with Crippen LogP contribution in [0.3, 0.4) is 0 Å². The third-order valence-corrected chi connectivity index (χ3v) is 7.15. The van der Waals surface area contributed by atoms with E-state index >= 15 is 0 Å². The van der Waals surface area contributed by atoms with E-state index in [4.69, 9.17) is 14.2 Å². The van der Waals surface area contributed by atoms with Crippen molar-refractivity contribution in [2.24, 2.45) is 0 Å². The van der Waals surface area contributed by atoms with Gasteiger partial charge in [-0.15, -0.1) is 0 Å². The summed E-state index contributed by atoms with van der Waals surface area (Å²) in [6.07, 6.45) is 0.471. The molecule has 0 aromatic heterocycles. The minimum atomic E-state index is -3.92. The van der Waals surface area contributed by atoms with E-state index < -0.39 is 21.7 Å². The Morgan fingerprint density at radius 1 is 1.16 bits per heavy atom. The fourth-order valence-electron chi connectivity index (χ4n) is 4.12. The van der Waals surface area contributed by atoms with E-state index in [9.17, 15) is 13.2 Å². The van der Waals surface area contributed by atoms with Crippen molar-refractivity contribution in [1.29, 1.82) is 0 Å². The second-order valence-corrected chi connectivity index (χ2v) is 10.3. The standard InChI is InChI=1S/C23H28N2O6S/c1-23(2)15-19(17-6-4-5-7-21(17)31-23)24-32(27,28)16-8-9-20(29-3)18(14-16)22(26)25-10-12-30-13-11-25/h4-9,14,19,24H,10-13,15H2,1-3H3. The molecule has 2 heterocycles. The van der Waals surface area contributed by atoms with Gasteiger partial charge in [-0.05, 0) is 38.1 Å². The van der Waals surface area contributed by atoms with Crippen LogP contribution in [0.2, 0.25) is 0 Å². The summed E-state index contributed by atoms with van der Waals surface area (Å²) in [6, 6.07) is 11.3. The smallest absolute Gasteiger partial charge is 0.257 e. The number of carbonyl (C=O) groups excluding carboxylic acids is 1. The van der Waals surface area contributed by atoms with E-state index in [0.717, 1.165) is 5.56 Å². The third kappa shape index (κ3) is 4.60. The van der Waals surface area contributed by atoms with Gasteiger partial charge in [-0.1, -0.05) is 18.2 Å². The molecule has 2 aliphatic heterocycles. The number of rotatable bonds is 5. The number of morpholine rings is 1. The molecule has 8 nitrogen and oxygen atoms in total. The molecule has 1 fully saturated rings. The van der Waals surface area contributed by atoms with Crippen LogP contribution in [0.15, 0.2) is 47.4 Å². The highest BCUT2D eigenvalue weighted by Crippen LogP contribution is 2.40. The van der Waals surface area contributed by atoms with Crippen molar-refractivity contribution in [3.8, 4) is 11.5 Å². The first kappa shape index (κ1) is 22.6. The second kappa shape index (κ2) is 8.73. The summed E-state index contributed by atoms with van der Waals surface area (Å²) in [5.41, 5.74) is 0.470. The zero-order valence-corrected chi connectivity index (χ0v) is 19.3. The number of hydrogen-bond donors (Lipinski definition) is 1. The molecule has 0 aliphatic carbocycles. The molecule has 0 saturated carbocycles. The molecule has 0 radical (unpaired) electrons. The van der Waals surface area contributed by atoms with Crippen LogP contribution < -0.4 is 14.2 Å². The fraction of sp³-hybridized carbons (Fsp3) is 0.435. The molecule has 1 saturated heterocycles. The molecule has 2 aromatic carbocycles. The Morgan fingerprint density at radius 2 is 1.88 bits per heavy atom. The van der Waals surface area contributed by atoms with E-state index in [1.165, 1.54) is 25.3 Å². The third-order valence-electron chi connectivity index (χ3n) is 5.68. The summed E-state index contributed by atoms with van der Waals surface area (Å²) in [6.45, 7) is 5.66. The number of para-hydroxylation sites is 1. The van der Waals surface area contributed by atoms with Gasteiger partial charge in [0, 0.05) is 25.1 Å². The van der Waals surface area contributed by atoms with E-state index in [1.54, 1.807) is 4.90 Å².